The molecule has 1 aliphatic carbocycles. The van der Waals surface area contributed by atoms with Gasteiger partial charge in [0.1, 0.15) is 11.5 Å². The first kappa shape index (κ1) is 22.7. The molecule has 0 saturated heterocycles. The Morgan fingerprint density at radius 1 is 1.06 bits per heavy atom. The summed E-state index contributed by atoms with van der Waals surface area (Å²) in [6, 6.07) is 11.5. The van der Waals surface area contributed by atoms with Crippen molar-refractivity contribution in [1.29, 1.82) is 0 Å². The third-order valence-corrected chi connectivity index (χ3v) is 6.36. The second-order valence-electron chi connectivity index (χ2n) is 9.76. The molecule has 5 rings (SSSR count). The number of hydrogen-bond donors (Lipinski definition) is 3. The smallest absolute Gasteiger partial charge is 0.270 e. The van der Waals surface area contributed by atoms with Crippen LogP contribution in [0.2, 0.25) is 0 Å². The molecule has 4 aromatic rings. The number of nitrogens with one attached hydrogen (secondary N) is 3. The molecule has 4 heterocycles. The summed E-state index contributed by atoms with van der Waals surface area (Å²) in [5.41, 5.74) is 6.73. The van der Waals surface area contributed by atoms with E-state index in [0.29, 0.717) is 24.6 Å². The maximum atomic E-state index is 13.1. The lowest BCUT2D eigenvalue weighted by molar-refractivity contribution is 0.0946. The highest BCUT2D eigenvalue weighted by atomic mass is 16.1. The van der Waals surface area contributed by atoms with Gasteiger partial charge in [-0.2, -0.15) is 5.10 Å². The average Bonchev–Trinajstić information content (AvgIpc) is 3.29. The van der Waals surface area contributed by atoms with E-state index in [1.807, 2.05) is 42.6 Å². The number of hydrogen-bond acceptors (Lipinski definition) is 6. The first-order valence-corrected chi connectivity index (χ1v) is 11.9. The lowest BCUT2D eigenvalue weighted by atomic mass is 9.76. The summed E-state index contributed by atoms with van der Waals surface area (Å²) in [6.07, 6.45) is 10.0. The van der Waals surface area contributed by atoms with Crippen molar-refractivity contribution in [2.24, 2.45) is 5.41 Å². The van der Waals surface area contributed by atoms with Gasteiger partial charge in [0, 0.05) is 54.7 Å². The number of anilines is 1. The van der Waals surface area contributed by atoms with E-state index in [1.54, 1.807) is 18.6 Å². The van der Waals surface area contributed by atoms with Gasteiger partial charge in [-0.3, -0.25) is 19.9 Å². The number of nitrogens with zero attached hydrogens (tertiary/aromatic N) is 4. The highest BCUT2D eigenvalue weighted by Gasteiger charge is 2.29. The van der Waals surface area contributed by atoms with Gasteiger partial charge in [0.15, 0.2) is 0 Å². The fourth-order valence-electron chi connectivity index (χ4n) is 4.43. The van der Waals surface area contributed by atoms with Gasteiger partial charge in [-0.25, -0.2) is 4.98 Å². The molecular formula is C27H29N7O. The van der Waals surface area contributed by atoms with E-state index in [0.717, 1.165) is 41.6 Å². The van der Waals surface area contributed by atoms with Crippen LogP contribution in [0.1, 0.15) is 53.1 Å². The SMILES string of the molecule is CC1(C)CCc2c(-c3cc(NCc4cccnc4)nc(C(=O)NCc4cccnc4)c3)n[nH]c2C1. The third kappa shape index (κ3) is 5.37. The van der Waals surface area contributed by atoms with Crippen LogP contribution in [0.15, 0.2) is 61.2 Å². The predicted molar refractivity (Wildman–Crippen MR) is 135 cm³/mol. The molecule has 8 heteroatoms. The normalized spacial score (nSPS) is 14.2. The van der Waals surface area contributed by atoms with Gasteiger partial charge < -0.3 is 10.6 Å². The Hall–Kier alpha value is -4.07. The Balaban J connectivity index is 1.44. The predicted octanol–water partition coefficient (Wildman–Crippen LogP) is 4.32. The lowest BCUT2D eigenvalue weighted by Crippen LogP contribution is -2.24. The van der Waals surface area contributed by atoms with Crippen molar-refractivity contribution < 1.29 is 4.79 Å². The van der Waals surface area contributed by atoms with Crippen molar-refractivity contribution in [1.82, 2.24) is 30.5 Å². The average molecular weight is 468 g/mol. The van der Waals surface area contributed by atoms with Crippen LogP contribution in [0.3, 0.4) is 0 Å². The summed E-state index contributed by atoms with van der Waals surface area (Å²) in [4.78, 5) is 26.0. The quantitative estimate of drug-likeness (QED) is 0.374. The molecule has 0 bridgehead atoms. The van der Waals surface area contributed by atoms with Gasteiger partial charge in [-0.15, -0.1) is 0 Å². The second kappa shape index (κ2) is 9.66. The van der Waals surface area contributed by atoms with E-state index in [1.165, 1.54) is 11.3 Å². The molecule has 0 radical (unpaired) electrons. The summed E-state index contributed by atoms with van der Waals surface area (Å²) in [6.45, 7) is 5.50. The molecule has 0 unspecified atom stereocenters. The van der Waals surface area contributed by atoms with Gasteiger partial charge in [0.25, 0.3) is 5.91 Å². The van der Waals surface area contributed by atoms with Crippen LogP contribution in [0.5, 0.6) is 0 Å². The molecule has 0 aliphatic heterocycles. The molecule has 8 nitrogen and oxygen atoms in total. The Kier molecular flexibility index (Phi) is 6.27. The first-order valence-electron chi connectivity index (χ1n) is 11.9. The molecule has 0 saturated carbocycles. The second-order valence-corrected chi connectivity index (χ2v) is 9.76. The largest absolute Gasteiger partial charge is 0.366 e. The van der Waals surface area contributed by atoms with Crippen LogP contribution in [0.4, 0.5) is 5.82 Å². The minimum atomic E-state index is -0.245. The number of amides is 1. The Labute approximate surface area is 204 Å². The van der Waals surface area contributed by atoms with E-state index in [4.69, 9.17) is 0 Å². The monoisotopic (exact) mass is 467 g/mol. The standard InChI is InChI=1S/C27H29N7O/c1-27(2)8-7-21-23(13-27)33-34-25(21)20-11-22(26(35)31-17-19-6-4-10-29-15-19)32-24(12-20)30-16-18-5-3-9-28-14-18/h3-6,9-12,14-15H,7-8,13,16-17H2,1-2H3,(H,30,32)(H,31,35)(H,33,34). The number of carbonyl (C=O) groups is 1. The van der Waals surface area contributed by atoms with Gasteiger partial charge >= 0.3 is 0 Å². The molecule has 178 valence electrons. The van der Waals surface area contributed by atoms with Crippen molar-refractivity contribution in [3.8, 4) is 11.3 Å². The van der Waals surface area contributed by atoms with E-state index in [-0.39, 0.29) is 11.3 Å². The minimum Gasteiger partial charge on any atom is -0.366 e. The molecule has 35 heavy (non-hydrogen) atoms. The number of pyridine rings is 3. The number of aromatic nitrogens is 5. The number of H-pyrrole nitrogens is 1. The van der Waals surface area contributed by atoms with E-state index in [2.05, 4.69) is 49.6 Å². The van der Waals surface area contributed by atoms with Crippen molar-refractivity contribution in [2.45, 2.75) is 46.2 Å². The Morgan fingerprint density at radius 3 is 2.51 bits per heavy atom. The molecular weight excluding hydrogens is 438 g/mol. The number of rotatable bonds is 7. The highest BCUT2D eigenvalue weighted by Crippen LogP contribution is 2.38. The van der Waals surface area contributed by atoms with Crippen LogP contribution in [0.25, 0.3) is 11.3 Å². The molecule has 0 atom stereocenters. The zero-order valence-corrected chi connectivity index (χ0v) is 20.0. The molecule has 1 aliphatic rings. The zero-order chi connectivity index (χ0) is 24.3. The highest BCUT2D eigenvalue weighted by molar-refractivity contribution is 5.94. The molecule has 0 aromatic carbocycles. The first-order chi connectivity index (χ1) is 17.0. The summed E-state index contributed by atoms with van der Waals surface area (Å²) >= 11 is 0. The Morgan fingerprint density at radius 2 is 1.80 bits per heavy atom. The van der Waals surface area contributed by atoms with Gasteiger partial charge in [-0.1, -0.05) is 26.0 Å². The van der Waals surface area contributed by atoms with Crippen molar-refractivity contribution >= 4 is 11.7 Å². The van der Waals surface area contributed by atoms with Gasteiger partial charge in [-0.05, 0) is 60.1 Å². The van der Waals surface area contributed by atoms with Crippen molar-refractivity contribution in [3.63, 3.8) is 0 Å². The molecule has 3 N–H and O–H groups in total. The Bertz CT molecular complexity index is 1320. The van der Waals surface area contributed by atoms with Crippen LogP contribution < -0.4 is 10.6 Å². The van der Waals surface area contributed by atoms with Crippen LogP contribution in [-0.2, 0) is 25.9 Å². The summed E-state index contributed by atoms with van der Waals surface area (Å²) < 4.78 is 0. The maximum Gasteiger partial charge on any atom is 0.270 e. The fraction of sp³-hybridized carbons (Fsp3) is 0.296. The van der Waals surface area contributed by atoms with E-state index < -0.39 is 0 Å². The number of carbonyl (C=O) groups excluding carboxylic acids is 1. The van der Waals surface area contributed by atoms with E-state index >= 15 is 0 Å². The van der Waals surface area contributed by atoms with Crippen molar-refractivity contribution in [2.75, 3.05) is 5.32 Å². The third-order valence-electron chi connectivity index (χ3n) is 6.36. The van der Waals surface area contributed by atoms with Crippen molar-refractivity contribution in [3.05, 3.63) is 89.3 Å². The minimum absolute atomic E-state index is 0.245. The van der Waals surface area contributed by atoms with Gasteiger partial charge in [0.2, 0.25) is 0 Å². The maximum absolute atomic E-state index is 13.1. The topological polar surface area (TPSA) is 108 Å². The van der Waals surface area contributed by atoms with E-state index in [9.17, 15) is 4.79 Å². The lowest BCUT2D eigenvalue weighted by Gasteiger charge is -2.29. The summed E-state index contributed by atoms with van der Waals surface area (Å²) in [5.74, 6) is 0.372. The molecule has 1 amide bonds. The van der Waals surface area contributed by atoms with Crippen LogP contribution in [-0.4, -0.2) is 31.1 Å². The summed E-state index contributed by atoms with van der Waals surface area (Å²) in [5, 5.41) is 14.2. The molecule has 4 aromatic heterocycles. The van der Waals surface area contributed by atoms with Crippen LogP contribution in [0, 0.1) is 5.41 Å². The van der Waals surface area contributed by atoms with Crippen LogP contribution >= 0.6 is 0 Å². The molecule has 0 spiro atoms. The number of aromatic amines is 1. The fourth-order valence-corrected chi connectivity index (χ4v) is 4.43. The van der Waals surface area contributed by atoms with Gasteiger partial charge in [0.05, 0.1) is 5.69 Å². The zero-order valence-electron chi connectivity index (χ0n) is 20.0. The molecule has 0 fully saturated rings. The summed E-state index contributed by atoms with van der Waals surface area (Å²) in [7, 11) is 0. The number of fused-ring (bicyclic) bond motifs is 1.